The largest absolute Gasteiger partial charge is 0.382 e. The summed E-state index contributed by atoms with van der Waals surface area (Å²) < 4.78 is 34.8. The van der Waals surface area contributed by atoms with Crippen LogP contribution in [0.5, 0.6) is 0 Å². The Balaban J connectivity index is 1.66. The van der Waals surface area contributed by atoms with E-state index in [0.717, 1.165) is 25.7 Å². The number of nitrogens with one attached hydrogen (secondary N) is 1. The summed E-state index contributed by atoms with van der Waals surface area (Å²) in [7, 11) is 0. The van der Waals surface area contributed by atoms with E-state index in [0.29, 0.717) is 37.3 Å². The molecular formula is C19H29F2N3O. The molecule has 2 fully saturated rings. The fraction of sp³-hybridized carbons (Fsp3) is 0.684. The first-order chi connectivity index (χ1) is 11.9. The molecule has 0 spiro atoms. The van der Waals surface area contributed by atoms with Gasteiger partial charge in [-0.2, -0.15) is 0 Å². The van der Waals surface area contributed by atoms with Crippen molar-refractivity contribution < 1.29 is 13.5 Å². The maximum atomic E-state index is 14.6. The van der Waals surface area contributed by atoms with Crippen molar-refractivity contribution in [2.75, 3.05) is 29.9 Å². The Kier molecular flexibility index (Phi) is 5.79. The first-order valence-corrected chi connectivity index (χ1v) is 9.32. The number of nitrogens with two attached hydrogens (primary N) is 1. The van der Waals surface area contributed by atoms with E-state index in [9.17, 15) is 8.78 Å². The average molecular weight is 353 g/mol. The number of benzene rings is 1. The van der Waals surface area contributed by atoms with Crippen LogP contribution in [0.1, 0.15) is 39.5 Å². The smallest absolute Gasteiger partial charge is 0.184 e. The number of hydrogen-bond acceptors (Lipinski definition) is 4. The molecule has 3 N–H and O–H groups in total. The van der Waals surface area contributed by atoms with E-state index in [-0.39, 0.29) is 17.9 Å². The maximum absolute atomic E-state index is 14.6. The fourth-order valence-electron chi connectivity index (χ4n) is 3.94. The quantitative estimate of drug-likeness (QED) is 0.870. The number of nitrogens with zero attached hydrogens (tertiary/aromatic N) is 1. The molecule has 1 aromatic carbocycles. The summed E-state index contributed by atoms with van der Waals surface area (Å²) in [5.41, 5.74) is 6.47. The van der Waals surface area contributed by atoms with Crippen LogP contribution in [0.25, 0.3) is 0 Å². The van der Waals surface area contributed by atoms with Gasteiger partial charge in [0, 0.05) is 25.7 Å². The molecule has 4 nitrogen and oxygen atoms in total. The van der Waals surface area contributed by atoms with Crippen molar-refractivity contribution in [3.8, 4) is 0 Å². The van der Waals surface area contributed by atoms with Crippen LogP contribution in [-0.4, -0.2) is 37.9 Å². The molecule has 0 radical (unpaired) electrons. The first kappa shape index (κ1) is 18.4. The van der Waals surface area contributed by atoms with Crippen molar-refractivity contribution in [2.24, 2.45) is 11.7 Å². The van der Waals surface area contributed by atoms with Crippen LogP contribution < -0.4 is 16.0 Å². The minimum atomic E-state index is -0.795. The molecule has 6 heteroatoms. The van der Waals surface area contributed by atoms with Crippen molar-refractivity contribution >= 4 is 11.4 Å². The highest BCUT2D eigenvalue weighted by Gasteiger charge is 2.26. The van der Waals surface area contributed by atoms with Crippen molar-refractivity contribution in [1.82, 2.24) is 0 Å². The second-order valence-corrected chi connectivity index (χ2v) is 7.58. The SMILES string of the molecule is C[C@@H]1CN(c2ccc(NC[C@H]3CC[C@H](N)CC3)c(F)c2F)C[C@H](C)O1. The lowest BCUT2D eigenvalue weighted by atomic mass is 9.86. The molecule has 1 saturated heterocycles. The van der Waals surface area contributed by atoms with Gasteiger partial charge in [-0.3, -0.25) is 0 Å². The predicted octanol–water partition coefficient (Wildman–Crippen LogP) is 3.51. The molecule has 0 aromatic heterocycles. The van der Waals surface area contributed by atoms with E-state index in [4.69, 9.17) is 10.5 Å². The molecular weight excluding hydrogens is 324 g/mol. The highest BCUT2D eigenvalue weighted by molar-refractivity contribution is 5.58. The second kappa shape index (κ2) is 7.87. The van der Waals surface area contributed by atoms with Crippen LogP contribution in [-0.2, 0) is 4.74 Å². The molecule has 2 atom stereocenters. The Morgan fingerprint density at radius 1 is 1.08 bits per heavy atom. The molecule has 1 aromatic rings. The summed E-state index contributed by atoms with van der Waals surface area (Å²) in [5, 5.41) is 3.09. The Hall–Kier alpha value is -1.40. The zero-order valence-electron chi connectivity index (χ0n) is 15.1. The number of ether oxygens (including phenoxy) is 1. The van der Waals surface area contributed by atoms with E-state index in [1.807, 2.05) is 18.7 Å². The normalized spacial score (nSPS) is 30.4. The molecule has 1 heterocycles. The monoisotopic (exact) mass is 353 g/mol. The summed E-state index contributed by atoms with van der Waals surface area (Å²) in [4.78, 5) is 1.86. The van der Waals surface area contributed by atoms with Crippen molar-refractivity contribution in [3.05, 3.63) is 23.8 Å². The van der Waals surface area contributed by atoms with E-state index in [1.54, 1.807) is 12.1 Å². The number of halogens is 2. The summed E-state index contributed by atoms with van der Waals surface area (Å²) >= 11 is 0. The van der Waals surface area contributed by atoms with Crippen LogP contribution in [0, 0.1) is 17.6 Å². The molecule has 0 unspecified atom stereocenters. The van der Waals surface area contributed by atoms with Gasteiger partial charge in [0.15, 0.2) is 11.6 Å². The standard InChI is InChI=1S/C19H29F2N3O/c1-12-10-24(11-13(2)25-12)17-8-7-16(18(20)19(17)21)23-9-14-3-5-15(22)6-4-14/h7-8,12-15,23H,3-6,9-11,22H2,1-2H3/t12-,13+,14-,15-. The summed E-state index contributed by atoms with van der Waals surface area (Å²) in [6.45, 7) is 5.69. The van der Waals surface area contributed by atoms with Crippen LogP contribution in [0.3, 0.4) is 0 Å². The van der Waals surface area contributed by atoms with Crippen LogP contribution >= 0.6 is 0 Å². The van der Waals surface area contributed by atoms with Crippen molar-refractivity contribution in [2.45, 2.75) is 57.8 Å². The van der Waals surface area contributed by atoms with Crippen molar-refractivity contribution in [3.63, 3.8) is 0 Å². The van der Waals surface area contributed by atoms with Crippen LogP contribution in [0.4, 0.5) is 20.2 Å². The molecule has 3 rings (SSSR count). The average Bonchev–Trinajstić information content (AvgIpc) is 2.57. The van der Waals surface area contributed by atoms with Gasteiger partial charge in [-0.25, -0.2) is 8.78 Å². The lowest BCUT2D eigenvalue weighted by Gasteiger charge is -2.37. The third kappa shape index (κ3) is 4.42. The molecule has 0 amide bonds. The summed E-state index contributed by atoms with van der Waals surface area (Å²) in [6.07, 6.45) is 4.11. The molecule has 0 bridgehead atoms. The van der Waals surface area contributed by atoms with Crippen LogP contribution in [0.15, 0.2) is 12.1 Å². The molecule has 2 aliphatic rings. The van der Waals surface area contributed by atoms with Gasteiger partial charge in [-0.05, 0) is 57.6 Å². The van der Waals surface area contributed by atoms with E-state index >= 15 is 0 Å². The predicted molar refractivity (Wildman–Crippen MR) is 97.0 cm³/mol. The maximum Gasteiger partial charge on any atom is 0.184 e. The lowest BCUT2D eigenvalue weighted by Crippen LogP contribution is -2.45. The van der Waals surface area contributed by atoms with Gasteiger partial charge in [-0.1, -0.05) is 0 Å². The third-order valence-corrected chi connectivity index (χ3v) is 5.29. The highest BCUT2D eigenvalue weighted by Crippen LogP contribution is 2.30. The van der Waals surface area contributed by atoms with E-state index in [1.165, 1.54) is 0 Å². The first-order valence-electron chi connectivity index (χ1n) is 9.32. The molecule has 1 aliphatic heterocycles. The Morgan fingerprint density at radius 3 is 2.36 bits per heavy atom. The van der Waals surface area contributed by atoms with Gasteiger partial charge in [0.2, 0.25) is 0 Å². The summed E-state index contributed by atoms with van der Waals surface area (Å²) in [5.74, 6) is -1.10. The number of hydrogen-bond donors (Lipinski definition) is 2. The minimum absolute atomic E-state index is 0.00156. The zero-order valence-corrected chi connectivity index (χ0v) is 15.1. The Morgan fingerprint density at radius 2 is 1.72 bits per heavy atom. The second-order valence-electron chi connectivity index (χ2n) is 7.58. The van der Waals surface area contributed by atoms with Gasteiger partial charge in [0.1, 0.15) is 0 Å². The topological polar surface area (TPSA) is 50.5 Å². The third-order valence-electron chi connectivity index (χ3n) is 5.29. The zero-order chi connectivity index (χ0) is 18.0. The van der Waals surface area contributed by atoms with Gasteiger partial charge >= 0.3 is 0 Å². The molecule has 25 heavy (non-hydrogen) atoms. The fourth-order valence-corrected chi connectivity index (χ4v) is 3.94. The Bertz CT molecular complexity index is 580. The number of morpholine rings is 1. The van der Waals surface area contributed by atoms with Crippen LogP contribution in [0.2, 0.25) is 0 Å². The van der Waals surface area contributed by atoms with Gasteiger partial charge < -0.3 is 20.7 Å². The van der Waals surface area contributed by atoms with Gasteiger partial charge in [-0.15, -0.1) is 0 Å². The molecule has 1 aliphatic carbocycles. The lowest BCUT2D eigenvalue weighted by molar-refractivity contribution is -0.00542. The number of rotatable bonds is 4. The summed E-state index contributed by atoms with van der Waals surface area (Å²) in [6, 6.07) is 3.61. The minimum Gasteiger partial charge on any atom is -0.382 e. The van der Waals surface area contributed by atoms with Gasteiger partial charge in [0.25, 0.3) is 0 Å². The molecule has 1 saturated carbocycles. The number of anilines is 2. The highest BCUT2D eigenvalue weighted by atomic mass is 19.2. The van der Waals surface area contributed by atoms with E-state index in [2.05, 4.69) is 5.32 Å². The van der Waals surface area contributed by atoms with E-state index < -0.39 is 11.6 Å². The molecule has 140 valence electrons. The Labute approximate surface area is 148 Å². The van der Waals surface area contributed by atoms with Gasteiger partial charge in [0.05, 0.1) is 23.6 Å². The van der Waals surface area contributed by atoms with Crippen molar-refractivity contribution in [1.29, 1.82) is 0 Å².